The van der Waals surface area contributed by atoms with Gasteiger partial charge in [0.25, 0.3) is 0 Å². The number of amides is 3. The topological polar surface area (TPSA) is 123 Å². The summed E-state index contributed by atoms with van der Waals surface area (Å²) in [5.41, 5.74) is 1.49. The quantitative estimate of drug-likeness (QED) is 0.429. The average Bonchev–Trinajstić information content (AvgIpc) is 3.26. The van der Waals surface area contributed by atoms with Crippen molar-refractivity contribution in [2.75, 3.05) is 13.7 Å². The maximum atomic E-state index is 13.2. The summed E-state index contributed by atoms with van der Waals surface area (Å²) in [5, 5.41) is 8.44. The number of rotatable bonds is 10. The Hall–Kier alpha value is -3.59. The normalized spacial score (nSPS) is 16.5. The van der Waals surface area contributed by atoms with Crippen molar-refractivity contribution in [3.63, 3.8) is 0 Å². The molecule has 0 saturated carbocycles. The van der Waals surface area contributed by atoms with Crippen LogP contribution in [-0.2, 0) is 36.9 Å². The fourth-order valence-electron chi connectivity index (χ4n) is 3.80. The first kappa shape index (κ1) is 26.0. The van der Waals surface area contributed by atoms with E-state index in [2.05, 4.69) is 16.0 Å². The monoisotopic (exact) mass is 501 g/mol. The lowest BCUT2D eigenvalue weighted by molar-refractivity contribution is -0.146. The predicted octanol–water partition coefficient (Wildman–Crippen LogP) is 2.36. The molecular weight excluding hydrogens is 474 g/mol. The maximum Gasteiger partial charge on any atom is 0.408 e. The Balaban J connectivity index is 1.68. The van der Waals surface area contributed by atoms with Crippen LogP contribution < -0.4 is 16.0 Å². The Bertz CT molecular complexity index is 1050. The third-order valence-electron chi connectivity index (χ3n) is 5.64. The second-order valence-corrected chi connectivity index (χ2v) is 8.63. The van der Waals surface area contributed by atoms with Crippen molar-refractivity contribution in [2.24, 2.45) is 5.92 Å². The van der Waals surface area contributed by atoms with Gasteiger partial charge in [-0.25, -0.2) is 9.59 Å². The molecule has 0 aromatic heterocycles. The van der Waals surface area contributed by atoms with E-state index in [1.54, 1.807) is 24.3 Å². The van der Waals surface area contributed by atoms with Crippen molar-refractivity contribution in [1.29, 1.82) is 0 Å². The fourth-order valence-corrected chi connectivity index (χ4v) is 4.01. The minimum atomic E-state index is -1.04. The number of benzene rings is 2. The summed E-state index contributed by atoms with van der Waals surface area (Å²) in [4.78, 5) is 50.0. The predicted molar refractivity (Wildman–Crippen MR) is 128 cm³/mol. The number of esters is 1. The van der Waals surface area contributed by atoms with E-state index in [1.807, 2.05) is 30.3 Å². The van der Waals surface area contributed by atoms with E-state index in [0.29, 0.717) is 23.6 Å². The second-order valence-electron chi connectivity index (χ2n) is 8.19. The first-order chi connectivity index (χ1) is 16.9. The van der Waals surface area contributed by atoms with Crippen molar-refractivity contribution in [3.8, 4) is 0 Å². The maximum absolute atomic E-state index is 13.2. The molecule has 3 amide bonds. The molecule has 1 aliphatic heterocycles. The van der Waals surface area contributed by atoms with Crippen LogP contribution in [0.15, 0.2) is 54.6 Å². The first-order valence-electron chi connectivity index (χ1n) is 11.2. The van der Waals surface area contributed by atoms with Crippen LogP contribution in [-0.4, -0.2) is 49.6 Å². The highest BCUT2D eigenvalue weighted by molar-refractivity contribution is 6.30. The van der Waals surface area contributed by atoms with Gasteiger partial charge in [-0.05, 0) is 36.1 Å². The Labute approximate surface area is 208 Å². The zero-order valence-corrected chi connectivity index (χ0v) is 20.0. The summed E-state index contributed by atoms with van der Waals surface area (Å²) in [6.07, 6.45) is 0.0213. The summed E-state index contributed by atoms with van der Waals surface area (Å²) in [6, 6.07) is 13.9. The number of methoxy groups -OCH3 is 1. The number of alkyl carbamates (subject to hydrolysis) is 1. The van der Waals surface area contributed by atoms with Gasteiger partial charge in [-0.15, -0.1) is 0 Å². The zero-order chi connectivity index (χ0) is 25.2. The van der Waals surface area contributed by atoms with Crippen molar-refractivity contribution in [2.45, 2.75) is 38.0 Å². The Kier molecular flexibility index (Phi) is 9.48. The zero-order valence-electron chi connectivity index (χ0n) is 19.3. The molecule has 1 unspecified atom stereocenters. The number of hydrogen-bond acceptors (Lipinski definition) is 6. The highest BCUT2D eigenvalue weighted by Gasteiger charge is 2.33. The van der Waals surface area contributed by atoms with Crippen LogP contribution in [0.2, 0.25) is 5.02 Å². The number of ether oxygens (including phenoxy) is 2. The van der Waals surface area contributed by atoms with E-state index in [1.165, 1.54) is 7.11 Å². The van der Waals surface area contributed by atoms with Gasteiger partial charge >= 0.3 is 12.1 Å². The highest BCUT2D eigenvalue weighted by Crippen LogP contribution is 2.17. The molecule has 186 valence electrons. The molecule has 1 saturated heterocycles. The molecule has 2 aromatic rings. The largest absolute Gasteiger partial charge is 0.467 e. The SMILES string of the molecule is COC(=O)[C@H](CC1CCNC1=O)NC(=O)[C@H](Cc1ccccc1)NC(=O)OCc1cccc(Cl)c1. The number of carbonyl (C=O) groups is 4. The van der Waals surface area contributed by atoms with E-state index < -0.39 is 36.0 Å². The summed E-state index contributed by atoms with van der Waals surface area (Å²) < 4.78 is 10.1. The Morgan fingerprint density at radius 1 is 1.06 bits per heavy atom. The molecule has 0 bridgehead atoms. The molecule has 3 atom stereocenters. The molecule has 9 nitrogen and oxygen atoms in total. The molecule has 0 aliphatic carbocycles. The molecule has 35 heavy (non-hydrogen) atoms. The molecule has 10 heteroatoms. The van der Waals surface area contributed by atoms with Gasteiger partial charge in [0, 0.05) is 23.9 Å². The number of hydrogen-bond donors (Lipinski definition) is 3. The van der Waals surface area contributed by atoms with E-state index in [0.717, 1.165) is 5.56 Å². The van der Waals surface area contributed by atoms with E-state index >= 15 is 0 Å². The Morgan fingerprint density at radius 2 is 1.80 bits per heavy atom. The lowest BCUT2D eigenvalue weighted by Crippen LogP contribution is -2.53. The lowest BCUT2D eigenvalue weighted by atomic mass is 9.97. The molecule has 2 aromatic carbocycles. The van der Waals surface area contributed by atoms with Crippen molar-refractivity contribution in [1.82, 2.24) is 16.0 Å². The molecule has 3 rings (SSSR count). The number of halogens is 1. The van der Waals surface area contributed by atoms with Crippen LogP contribution >= 0.6 is 11.6 Å². The average molecular weight is 502 g/mol. The fraction of sp³-hybridized carbons (Fsp3) is 0.360. The molecule has 1 heterocycles. The molecular formula is C25H28ClN3O6. The molecule has 0 radical (unpaired) electrons. The summed E-state index contributed by atoms with van der Waals surface area (Å²) in [5.74, 6) is -1.85. The standard InChI is InChI=1S/C25H28ClN3O6/c1-34-24(32)21(14-18-10-11-27-22(18)30)28-23(31)20(13-16-6-3-2-4-7-16)29-25(33)35-15-17-8-5-9-19(26)12-17/h2-9,12,18,20-21H,10-11,13-15H2,1H3,(H,27,30)(H,28,31)(H,29,33)/t18?,20-,21-/m0/s1. The third-order valence-corrected chi connectivity index (χ3v) is 5.87. The lowest BCUT2D eigenvalue weighted by Gasteiger charge is -2.23. The van der Waals surface area contributed by atoms with Crippen LogP contribution in [0.4, 0.5) is 4.79 Å². The van der Waals surface area contributed by atoms with Crippen molar-refractivity contribution in [3.05, 3.63) is 70.7 Å². The van der Waals surface area contributed by atoms with E-state index in [9.17, 15) is 19.2 Å². The van der Waals surface area contributed by atoms with Gasteiger partial charge in [-0.2, -0.15) is 0 Å². The second kappa shape index (κ2) is 12.8. The molecule has 1 aliphatic rings. The van der Waals surface area contributed by atoms with Crippen LogP contribution in [0.3, 0.4) is 0 Å². The molecule has 1 fully saturated rings. The van der Waals surface area contributed by atoms with E-state index in [4.69, 9.17) is 21.1 Å². The van der Waals surface area contributed by atoms with Gasteiger partial charge < -0.3 is 25.4 Å². The van der Waals surface area contributed by atoms with Crippen molar-refractivity contribution < 1.29 is 28.7 Å². The van der Waals surface area contributed by atoms with Gasteiger partial charge in [-0.3, -0.25) is 9.59 Å². The van der Waals surface area contributed by atoms with Gasteiger partial charge in [0.1, 0.15) is 18.7 Å². The minimum absolute atomic E-state index is 0.0341. The van der Waals surface area contributed by atoms with Crippen molar-refractivity contribution >= 4 is 35.5 Å². The molecule has 0 spiro atoms. The van der Waals surface area contributed by atoms with E-state index in [-0.39, 0.29) is 25.4 Å². The summed E-state index contributed by atoms with van der Waals surface area (Å²) >= 11 is 5.96. The van der Waals surface area contributed by atoms with Crippen LogP contribution in [0, 0.1) is 5.92 Å². The van der Waals surface area contributed by atoms with Gasteiger partial charge in [0.05, 0.1) is 7.11 Å². The number of carbonyl (C=O) groups excluding carboxylic acids is 4. The summed E-state index contributed by atoms with van der Waals surface area (Å²) in [6.45, 7) is 0.482. The van der Waals surface area contributed by atoms with Gasteiger partial charge in [0.15, 0.2) is 0 Å². The van der Waals surface area contributed by atoms with Crippen LogP contribution in [0.1, 0.15) is 24.0 Å². The highest BCUT2D eigenvalue weighted by atomic mass is 35.5. The van der Waals surface area contributed by atoms with Crippen LogP contribution in [0.5, 0.6) is 0 Å². The van der Waals surface area contributed by atoms with Crippen LogP contribution in [0.25, 0.3) is 0 Å². The van der Waals surface area contributed by atoms with Gasteiger partial charge in [0.2, 0.25) is 11.8 Å². The smallest absolute Gasteiger partial charge is 0.408 e. The summed E-state index contributed by atoms with van der Waals surface area (Å²) in [7, 11) is 1.21. The third kappa shape index (κ3) is 7.99. The Morgan fingerprint density at radius 3 is 2.46 bits per heavy atom. The minimum Gasteiger partial charge on any atom is -0.467 e. The van der Waals surface area contributed by atoms with Gasteiger partial charge in [-0.1, -0.05) is 54.1 Å². The number of nitrogens with one attached hydrogen (secondary N) is 3. The molecule has 3 N–H and O–H groups in total. The first-order valence-corrected chi connectivity index (χ1v) is 11.6.